The van der Waals surface area contributed by atoms with E-state index in [1.807, 2.05) is 0 Å². The molecule has 0 saturated heterocycles. The largest absolute Gasteiger partial charge is 0.377 e. The highest BCUT2D eigenvalue weighted by molar-refractivity contribution is 7.46. The lowest BCUT2D eigenvalue weighted by atomic mass is 9.92. The molecule has 1 nitrogen and oxygen atoms in total. The van der Waals surface area contributed by atoms with Crippen molar-refractivity contribution in [3.63, 3.8) is 0 Å². The van der Waals surface area contributed by atoms with Gasteiger partial charge in [-0.3, -0.25) is 0 Å². The summed E-state index contributed by atoms with van der Waals surface area (Å²) in [6.07, 6.45) is 4.16. The molecule has 0 spiro atoms. The van der Waals surface area contributed by atoms with Crippen LogP contribution in [-0.4, -0.2) is 20.4 Å². The molecule has 0 fully saturated rings. The Hall–Kier alpha value is -2.63. The molecule has 0 N–H and O–H groups in total. The maximum Gasteiger partial charge on any atom is 0.0447 e. The molecule has 25 heavy (non-hydrogen) atoms. The second-order valence-electron chi connectivity index (χ2n) is 6.41. The predicted octanol–water partition coefficient (Wildman–Crippen LogP) is 5.73. The van der Waals surface area contributed by atoms with Crippen LogP contribution in [0.25, 0.3) is 32.7 Å². The van der Waals surface area contributed by atoms with E-state index >= 15 is 0 Å². The molecule has 0 saturated carbocycles. The van der Waals surface area contributed by atoms with E-state index in [2.05, 4.69) is 98.1 Å². The highest BCUT2D eigenvalue weighted by Gasteiger charge is 2.16. The first kappa shape index (κ1) is 15.9. The van der Waals surface area contributed by atoms with E-state index in [0.29, 0.717) is 0 Å². The van der Waals surface area contributed by atoms with Gasteiger partial charge >= 0.3 is 0 Å². The van der Waals surface area contributed by atoms with Gasteiger partial charge < -0.3 is 4.90 Å². The Bertz CT molecular complexity index is 1100. The Kier molecular flexibility index (Phi) is 4.03. The molecule has 0 aromatic heterocycles. The predicted molar refractivity (Wildman–Crippen MR) is 115 cm³/mol. The first-order valence-electron chi connectivity index (χ1n) is 8.38. The third kappa shape index (κ3) is 2.62. The Morgan fingerprint density at radius 3 is 1.84 bits per heavy atom. The number of nitrogens with zero attached hydrogens (tertiary/aromatic N) is 1. The quantitative estimate of drug-likeness (QED) is 0.430. The van der Waals surface area contributed by atoms with Gasteiger partial charge in [-0.25, -0.2) is 0 Å². The highest BCUT2D eigenvalue weighted by atomic mass is 31.1. The molecule has 2 heteroatoms. The Balaban J connectivity index is 2.24. The molecule has 4 rings (SSSR count). The van der Waals surface area contributed by atoms with Crippen molar-refractivity contribution in [1.29, 1.82) is 0 Å². The third-order valence-corrected chi connectivity index (χ3v) is 5.43. The Labute approximate surface area is 150 Å². The standard InChI is InChI=1S/C23H20NP/c1-24(2)20-14-12-16-8-4-6-10-18(16)22(20)23-19-11-7-5-9-17(19)13-15-21(23)25-3/h4-15H,3H2,1-2H3. The summed E-state index contributed by atoms with van der Waals surface area (Å²) in [7, 11) is 5.26. The van der Waals surface area contributed by atoms with Crippen molar-refractivity contribution in [1.82, 2.24) is 0 Å². The maximum absolute atomic E-state index is 4.16. The van der Waals surface area contributed by atoms with E-state index in [0.717, 1.165) is 8.20 Å². The fourth-order valence-corrected chi connectivity index (χ4v) is 4.12. The van der Waals surface area contributed by atoms with Gasteiger partial charge in [0.05, 0.1) is 0 Å². The zero-order chi connectivity index (χ0) is 17.4. The Morgan fingerprint density at radius 1 is 0.680 bits per heavy atom. The number of anilines is 1. The van der Waals surface area contributed by atoms with E-state index in [1.54, 1.807) is 0 Å². The molecule has 4 aromatic rings. The molecule has 0 amide bonds. The van der Waals surface area contributed by atoms with Crippen LogP contribution in [-0.2, 0) is 0 Å². The van der Waals surface area contributed by atoms with E-state index in [1.165, 1.54) is 43.7 Å². The summed E-state index contributed by atoms with van der Waals surface area (Å²) in [5.74, 6) is 0. The van der Waals surface area contributed by atoms with Crippen molar-refractivity contribution in [2.75, 3.05) is 19.0 Å². The molecule has 0 radical (unpaired) electrons. The normalized spacial score (nSPS) is 11.3. The lowest BCUT2D eigenvalue weighted by Crippen LogP contribution is -2.12. The summed E-state index contributed by atoms with van der Waals surface area (Å²) in [6.45, 7) is 0. The minimum atomic E-state index is 1.04. The molecule has 0 unspecified atom stereocenters. The fraction of sp³-hybridized carbons (Fsp3) is 0.0870. The number of hydrogen-bond acceptors (Lipinski definition) is 1. The van der Waals surface area contributed by atoms with Crippen LogP contribution in [0.2, 0.25) is 0 Å². The summed E-state index contributed by atoms with van der Waals surface area (Å²) in [5, 5.41) is 6.37. The average Bonchev–Trinajstić information content (AvgIpc) is 2.66. The van der Waals surface area contributed by atoms with Crippen molar-refractivity contribution in [3.05, 3.63) is 72.8 Å². The smallest absolute Gasteiger partial charge is 0.0447 e. The van der Waals surface area contributed by atoms with E-state index < -0.39 is 0 Å². The van der Waals surface area contributed by atoms with Crippen molar-refractivity contribution >= 4 is 47.0 Å². The molecule has 122 valence electrons. The monoisotopic (exact) mass is 341 g/mol. The van der Waals surface area contributed by atoms with Crippen LogP contribution >= 0.6 is 8.20 Å². The third-order valence-electron chi connectivity index (χ3n) is 4.72. The summed E-state index contributed by atoms with van der Waals surface area (Å²) in [4.78, 5) is 2.20. The van der Waals surface area contributed by atoms with Crippen LogP contribution in [0, 0.1) is 0 Å². The van der Waals surface area contributed by atoms with Gasteiger partial charge in [-0.2, -0.15) is 0 Å². The number of fused-ring (bicyclic) bond motifs is 2. The topological polar surface area (TPSA) is 3.24 Å². The van der Waals surface area contributed by atoms with Crippen LogP contribution in [0.1, 0.15) is 0 Å². The van der Waals surface area contributed by atoms with Crippen LogP contribution in [0.3, 0.4) is 0 Å². The van der Waals surface area contributed by atoms with Gasteiger partial charge in [0, 0.05) is 36.2 Å². The van der Waals surface area contributed by atoms with Gasteiger partial charge in [-0.1, -0.05) is 75.2 Å². The van der Waals surface area contributed by atoms with Crippen LogP contribution in [0.5, 0.6) is 0 Å². The average molecular weight is 341 g/mol. The molecule has 0 aliphatic heterocycles. The van der Waals surface area contributed by atoms with Gasteiger partial charge in [0.25, 0.3) is 0 Å². The van der Waals surface area contributed by atoms with E-state index in [-0.39, 0.29) is 0 Å². The van der Waals surface area contributed by atoms with Crippen molar-refractivity contribution < 1.29 is 0 Å². The molecule has 0 atom stereocenters. The molecule has 0 aliphatic rings. The lowest BCUT2D eigenvalue weighted by Gasteiger charge is -2.22. The van der Waals surface area contributed by atoms with Crippen LogP contribution in [0.4, 0.5) is 5.69 Å². The first-order valence-corrected chi connectivity index (χ1v) is 9.46. The van der Waals surface area contributed by atoms with Crippen molar-refractivity contribution in [2.45, 2.75) is 0 Å². The highest BCUT2D eigenvalue weighted by Crippen LogP contribution is 2.40. The van der Waals surface area contributed by atoms with Crippen molar-refractivity contribution in [3.8, 4) is 11.1 Å². The molecular formula is C23H20NP. The number of hydrogen-bond donors (Lipinski definition) is 0. The lowest BCUT2D eigenvalue weighted by molar-refractivity contribution is 1.14. The molecule has 4 aromatic carbocycles. The number of benzene rings is 4. The zero-order valence-corrected chi connectivity index (χ0v) is 15.4. The van der Waals surface area contributed by atoms with Gasteiger partial charge in [-0.05, 0) is 33.7 Å². The summed E-state index contributed by atoms with van der Waals surface area (Å²) in [6, 6.07) is 26.1. The van der Waals surface area contributed by atoms with Crippen LogP contribution < -0.4 is 10.2 Å². The second kappa shape index (κ2) is 6.35. The summed E-state index contributed by atoms with van der Waals surface area (Å²) >= 11 is 0. The number of rotatable bonds is 3. The van der Waals surface area contributed by atoms with Gasteiger partial charge in [0.15, 0.2) is 0 Å². The summed E-state index contributed by atoms with van der Waals surface area (Å²) < 4.78 is 0. The maximum atomic E-state index is 4.16. The van der Waals surface area contributed by atoms with Crippen molar-refractivity contribution in [2.24, 2.45) is 0 Å². The fourth-order valence-electron chi connectivity index (χ4n) is 3.55. The van der Waals surface area contributed by atoms with Gasteiger partial charge in [0.2, 0.25) is 0 Å². The Morgan fingerprint density at radius 2 is 1.24 bits per heavy atom. The minimum absolute atomic E-state index is 1.04. The SMILES string of the molecule is C=Pc1ccc2ccccc2c1-c1c(N(C)C)ccc2ccccc12. The summed E-state index contributed by atoms with van der Waals surface area (Å²) in [5.41, 5.74) is 3.83. The zero-order valence-electron chi connectivity index (χ0n) is 14.5. The first-order chi connectivity index (χ1) is 12.2. The van der Waals surface area contributed by atoms with Crippen LogP contribution in [0.15, 0.2) is 72.8 Å². The second-order valence-corrected chi connectivity index (χ2v) is 7.21. The van der Waals surface area contributed by atoms with E-state index in [4.69, 9.17) is 0 Å². The molecular weight excluding hydrogens is 321 g/mol. The molecule has 0 bridgehead atoms. The van der Waals surface area contributed by atoms with E-state index in [9.17, 15) is 0 Å². The molecule has 0 aliphatic carbocycles. The van der Waals surface area contributed by atoms with Gasteiger partial charge in [-0.15, -0.1) is 0 Å². The van der Waals surface area contributed by atoms with Gasteiger partial charge in [0.1, 0.15) is 0 Å². The molecule has 0 heterocycles. The minimum Gasteiger partial charge on any atom is -0.377 e.